The summed E-state index contributed by atoms with van der Waals surface area (Å²) in [4.78, 5) is 16.3. The number of benzene rings is 2. The lowest BCUT2D eigenvalue weighted by Gasteiger charge is -2.01. The second-order valence-corrected chi connectivity index (χ2v) is 6.06. The predicted molar refractivity (Wildman–Crippen MR) is 91.9 cm³/mol. The van der Waals surface area contributed by atoms with Crippen molar-refractivity contribution in [2.24, 2.45) is 0 Å². The fourth-order valence-electron chi connectivity index (χ4n) is 2.32. The van der Waals surface area contributed by atoms with E-state index in [1.165, 1.54) is 0 Å². The lowest BCUT2D eigenvalue weighted by molar-refractivity contribution is -0.142. The van der Waals surface area contributed by atoms with Crippen LogP contribution in [0.3, 0.4) is 0 Å². The highest BCUT2D eigenvalue weighted by Crippen LogP contribution is 2.31. The van der Waals surface area contributed by atoms with Gasteiger partial charge >= 0.3 is 5.97 Å². The Hall–Kier alpha value is -2.40. The number of hydrogen-bond acceptors (Lipinski definition) is 5. The lowest BCUT2D eigenvalue weighted by Crippen LogP contribution is -2.07. The second-order valence-electron chi connectivity index (χ2n) is 5.03. The number of methoxy groups -OCH3 is 1. The molecule has 0 aliphatic carbocycles. The van der Waals surface area contributed by atoms with E-state index in [1.54, 1.807) is 18.4 Å². The Morgan fingerprint density at radius 1 is 1.17 bits per heavy atom. The van der Waals surface area contributed by atoms with Gasteiger partial charge in [-0.2, -0.15) is 0 Å². The minimum Gasteiger partial charge on any atom is -0.497 e. The molecule has 0 atom stereocenters. The van der Waals surface area contributed by atoms with Crippen molar-refractivity contribution >= 4 is 27.5 Å². The summed E-state index contributed by atoms with van der Waals surface area (Å²) < 4.78 is 11.3. The van der Waals surface area contributed by atoms with Crippen LogP contribution in [0.15, 0.2) is 42.5 Å². The van der Waals surface area contributed by atoms with Crippen LogP contribution in [-0.2, 0) is 16.0 Å². The molecular formula is C18H17NO3S. The lowest BCUT2D eigenvalue weighted by atomic mass is 10.1. The van der Waals surface area contributed by atoms with E-state index in [-0.39, 0.29) is 12.4 Å². The number of aromatic nitrogens is 1. The number of fused-ring (bicyclic) bond motifs is 1. The molecule has 2 aromatic carbocycles. The van der Waals surface area contributed by atoms with Crippen LogP contribution in [0.5, 0.6) is 5.75 Å². The largest absolute Gasteiger partial charge is 0.497 e. The number of nitrogens with zero attached hydrogens (tertiary/aromatic N) is 1. The van der Waals surface area contributed by atoms with Gasteiger partial charge in [0.15, 0.2) is 0 Å². The first-order valence-corrected chi connectivity index (χ1v) is 8.20. The number of esters is 1. The molecule has 0 fully saturated rings. The molecule has 0 N–H and O–H groups in total. The predicted octanol–water partition coefficient (Wildman–Crippen LogP) is 4.08. The van der Waals surface area contributed by atoms with E-state index in [2.05, 4.69) is 4.98 Å². The van der Waals surface area contributed by atoms with E-state index in [0.717, 1.165) is 32.1 Å². The Kier molecular flexibility index (Phi) is 4.57. The molecule has 0 saturated heterocycles. The molecule has 118 valence electrons. The highest BCUT2D eigenvalue weighted by atomic mass is 32.1. The molecule has 4 nitrogen and oxygen atoms in total. The summed E-state index contributed by atoms with van der Waals surface area (Å²) >= 11 is 1.63. The number of ether oxygens (including phenoxy) is 2. The van der Waals surface area contributed by atoms with Crippen molar-refractivity contribution < 1.29 is 14.3 Å². The molecule has 0 unspecified atom stereocenters. The summed E-state index contributed by atoms with van der Waals surface area (Å²) in [5.74, 6) is 0.615. The van der Waals surface area contributed by atoms with Crippen molar-refractivity contribution in [2.45, 2.75) is 13.3 Å². The molecule has 0 radical (unpaired) electrons. The number of thiazole rings is 1. The molecule has 0 aliphatic rings. The second kappa shape index (κ2) is 6.79. The minimum atomic E-state index is -0.211. The summed E-state index contributed by atoms with van der Waals surface area (Å²) in [6.07, 6.45) is 0.277. The van der Waals surface area contributed by atoms with Gasteiger partial charge in [0.25, 0.3) is 0 Å². The molecule has 3 rings (SSSR count). The average Bonchev–Trinajstić information content (AvgIpc) is 2.98. The van der Waals surface area contributed by atoms with Crippen molar-refractivity contribution in [1.29, 1.82) is 0 Å². The van der Waals surface area contributed by atoms with Crippen LogP contribution < -0.4 is 4.74 Å². The zero-order valence-electron chi connectivity index (χ0n) is 13.0. The van der Waals surface area contributed by atoms with Gasteiger partial charge in [0.05, 0.1) is 30.4 Å². The summed E-state index contributed by atoms with van der Waals surface area (Å²) in [7, 11) is 1.65. The number of hydrogen-bond donors (Lipinski definition) is 0. The quantitative estimate of drug-likeness (QED) is 0.663. The first-order chi connectivity index (χ1) is 11.2. The molecule has 1 aromatic heterocycles. The number of carbonyl (C=O) groups excluding carboxylic acids is 1. The van der Waals surface area contributed by atoms with Crippen molar-refractivity contribution in [3.8, 4) is 16.3 Å². The van der Waals surface area contributed by atoms with Crippen LogP contribution in [0, 0.1) is 0 Å². The van der Waals surface area contributed by atoms with Crippen LogP contribution in [0.1, 0.15) is 12.5 Å². The summed E-state index contributed by atoms with van der Waals surface area (Å²) in [5, 5.41) is 0.955. The van der Waals surface area contributed by atoms with E-state index in [1.807, 2.05) is 49.4 Å². The molecule has 0 spiro atoms. The van der Waals surface area contributed by atoms with Gasteiger partial charge in [0, 0.05) is 5.56 Å². The van der Waals surface area contributed by atoms with Gasteiger partial charge in [-0.05, 0) is 48.9 Å². The van der Waals surface area contributed by atoms with E-state index >= 15 is 0 Å². The van der Waals surface area contributed by atoms with Gasteiger partial charge in [-0.15, -0.1) is 11.3 Å². The summed E-state index contributed by atoms with van der Waals surface area (Å²) in [6.45, 7) is 2.21. The molecule has 0 bridgehead atoms. The zero-order chi connectivity index (χ0) is 16.2. The maximum atomic E-state index is 11.6. The summed E-state index contributed by atoms with van der Waals surface area (Å²) in [6, 6.07) is 13.8. The van der Waals surface area contributed by atoms with Gasteiger partial charge in [0.2, 0.25) is 0 Å². The maximum absolute atomic E-state index is 11.6. The Balaban J connectivity index is 1.87. The fraction of sp³-hybridized carbons (Fsp3) is 0.222. The monoisotopic (exact) mass is 327 g/mol. The van der Waals surface area contributed by atoms with Gasteiger partial charge in [-0.3, -0.25) is 4.79 Å². The van der Waals surface area contributed by atoms with Gasteiger partial charge in [-0.1, -0.05) is 6.07 Å². The van der Waals surface area contributed by atoms with Gasteiger partial charge < -0.3 is 9.47 Å². The Morgan fingerprint density at radius 3 is 2.65 bits per heavy atom. The SMILES string of the molecule is CCOC(=O)Cc1ccc2sc(-c3ccc(OC)cc3)nc2c1. The van der Waals surface area contributed by atoms with Gasteiger partial charge in [-0.25, -0.2) is 4.98 Å². The van der Waals surface area contributed by atoms with Crippen LogP contribution in [0.4, 0.5) is 0 Å². The molecule has 0 saturated carbocycles. The summed E-state index contributed by atoms with van der Waals surface area (Å²) in [5.41, 5.74) is 2.88. The van der Waals surface area contributed by atoms with E-state index in [9.17, 15) is 4.79 Å². The molecule has 5 heteroatoms. The Bertz CT molecular complexity index is 824. The first-order valence-electron chi connectivity index (χ1n) is 7.39. The molecule has 3 aromatic rings. The van der Waals surface area contributed by atoms with Crippen molar-refractivity contribution in [3.63, 3.8) is 0 Å². The van der Waals surface area contributed by atoms with E-state index in [0.29, 0.717) is 6.61 Å². The Morgan fingerprint density at radius 2 is 1.96 bits per heavy atom. The molecular weight excluding hydrogens is 310 g/mol. The Labute approximate surface area is 138 Å². The normalized spacial score (nSPS) is 10.7. The third kappa shape index (κ3) is 3.51. The van der Waals surface area contributed by atoms with E-state index in [4.69, 9.17) is 9.47 Å². The third-order valence-electron chi connectivity index (χ3n) is 3.44. The fourth-order valence-corrected chi connectivity index (χ4v) is 3.27. The van der Waals surface area contributed by atoms with Crippen molar-refractivity contribution in [2.75, 3.05) is 13.7 Å². The highest BCUT2D eigenvalue weighted by Gasteiger charge is 2.09. The number of carbonyl (C=O) groups is 1. The van der Waals surface area contributed by atoms with E-state index < -0.39 is 0 Å². The minimum absolute atomic E-state index is 0.211. The van der Waals surface area contributed by atoms with Crippen molar-refractivity contribution in [1.82, 2.24) is 4.98 Å². The van der Waals surface area contributed by atoms with Crippen LogP contribution in [0.25, 0.3) is 20.8 Å². The first kappa shape index (κ1) is 15.5. The molecule has 0 amide bonds. The molecule has 0 aliphatic heterocycles. The smallest absolute Gasteiger partial charge is 0.310 e. The van der Waals surface area contributed by atoms with Gasteiger partial charge in [0.1, 0.15) is 10.8 Å². The highest BCUT2D eigenvalue weighted by molar-refractivity contribution is 7.21. The maximum Gasteiger partial charge on any atom is 0.310 e. The van der Waals surface area contributed by atoms with Crippen molar-refractivity contribution in [3.05, 3.63) is 48.0 Å². The van der Waals surface area contributed by atoms with Crippen LogP contribution >= 0.6 is 11.3 Å². The van der Waals surface area contributed by atoms with Crippen LogP contribution in [0.2, 0.25) is 0 Å². The zero-order valence-corrected chi connectivity index (χ0v) is 13.9. The third-order valence-corrected chi connectivity index (χ3v) is 4.53. The molecule has 23 heavy (non-hydrogen) atoms. The standard InChI is InChI=1S/C18H17NO3S/c1-3-22-17(20)11-12-4-9-16-15(10-12)19-18(23-16)13-5-7-14(21-2)8-6-13/h4-10H,3,11H2,1-2H3. The average molecular weight is 327 g/mol. The number of rotatable bonds is 5. The molecule has 1 heterocycles. The topological polar surface area (TPSA) is 48.4 Å². The van der Waals surface area contributed by atoms with Crippen LogP contribution in [-0.4, -0.2) is 24.7 Å².